The summed E-state index contributed by atoms with van der Waals surface area (Å²) < 4.78 is 7.01. The number of nitrogens with one attached hydrogen (secondary N) is 1. The number of aromatic nitrogens is 1. The molecule has 0 unspecified atom stereocenters. The van der Waals surface area contributed by atoms with Gasteiger partial charge in [-0.25, -0.2) is 10.5 Å². The molecule has 1 aromatic heterocycles. The topological polar surface area (TPSA) is 61.6 Å². The van der Waals surface area contributed by atoms with Crippen molar-refractivity contribution in [2.45, 2.75) is 59.3 Å². The van der Waals surface area contributed by atoms with Crippen LogP contribution in [0, 0.1) is 5.53 Å². The number of nitrogens with zero attached hydrogens (tertiary/aromatic N) is 3. The summed E-state index contributed by atoms with van der Waals surface area (Å²) in [6.07, 6.45) is 7.42. The van der Waals surface area contributed by atoms with Crippen molar-refractivity contribution in [3.05, 3.63) is 12.1 Å². The fourth-order valence-corrected chi connectivity index (χ4v) is 3.93. The van der Waals surface area contributed by atoms with Crippen molar-refractivity contribution in [1.82, 2.24) is 4.98 Å². The van der Waals surface area contributed by atoms with Crippen LogP contribution in [0.1, 0.15) is 59.3 Å². The molecule has 2 rings (SSSR count). The summed E-state index contributed by atoms with van der Waals surface area (Å²) in [6, 6.07) is 3.85. The molecule has 0 spiro atoms. The third kappa shape index (κ3) is 5.39. The van der Waals surface area contributed by atoms with Crippen LogP contribution in [0.5, 0.6) is 5.75 Å². The lowest BCUT2D eigenvalue weighted by molar-refractivity contribution is 0.305. The molecule has 138 valence electrons. The van der Waals surface area contributed by atoms with E-state index in [1.807, 2.05) is 12.1 Å². The number of anilines is 1. The lowest BCUT2D eigenvalue weighted by Gasteiger charge is -2.16. The van der Waals surface area contributed by atoms with Crippen molar-refractivity contribution in [2.24, 2.45) is 5.11 Å². The zero-order valence-electron chi connectivity index (χ0n) is 15.7. The summed E-state index contributed by atoms with van der Waals surface area (Å²) in [5.41, 5.74) is 8.88. The molecule has 1 aromatic carbocycles. The first-order valence-corrected chi connectivity index (χ1v) is 10.2. The zero-order chi connectivity index (χ0) is 18.1. The van der Waals surface area contributed by atoms with Gasteiger partial charge in [0.15, 0.2) is 5.13 Å². The number of thiazole rings is 1. The fourth-order valence-electron chi connectivity index (χ4n) is 2.83. The van der Waals surface area contributed by atoms with Crippen LogP contribution in [0.25, 0.3) is 10.2 Å². The van der Waals surface area contributed by atoms with Gasteiger partial charge in [-0.1, -0.05) is 50.4 Å². The highest BCUT2D eigenvalue weighted by Crippen LogP contribution is 2.37. The Hall–Kier alpha value is -1.69. The average Bonchev–Trinajstić information content (AvgIpc) is 3.03. The van der Waals surface area contributed by atoms with Gasteiger partial charge >= 0.3 is 0 Å². The van der Waals surface area contributed by atoms with E-state index in [-0.39, 0.29) is 0 Å². The van der Waals surface area contributed by atoms with Gasteiger partial charge < -0.3 is 9.64 Å². The SMILES string of the molecule is CCCCCCCCOc1cc2sc(N(CC)CC)nc2cc1N=N. The van der Waals surface area contributed by atoms with E-state index < -0.39 is 0 Å². The maximum absolute atomic E-state index is 7.43. The first-order chi connectivity index (χ1) is 12.2. The van der Waals surface area contributed by atoms with Crippen LogP contribution in [-0.2, 0) is 0 Å². The molecular weight excluding hydrogens is 332 g/mol. The molecule has 0 bridgehead atoms. The van der Waals surface area contributed by atoms with E-state index in [0.29, 0.717) is 18.0 Å². The molecule has 0 aliphatic carbocycles. The summed E-state index contributed by atoms with van der Waals surface area (Å²) in [6.45, 7) is 9.06. The van der Waals surface area contributed by atoms with Gasteiger partial charge in [0, 0.05) is 19.2 Å². The number of unbranched alkanes of at least 4 members (excludes halogenated alkanes) is 5. The van der Waals surface area contributed by atoms with E-state index in [1.165, 1.54) is 32.1 Å². The first-order valence-electron chi connectivity index (χ1n) is 9.43. The molecule has 0 radical (unpaired) electrons. The Kier molecular flexibility index (Phi) is 8.12. The molecule has 1 heterocycles. The Morgan fingerprint density at radius 2 is 1.80 bits per heavy atom. The largest absolute Gasteiger partial charge is 0.491 e. The number of hydrogen-bond donors (Lipinski definition) is 1. The maximum atomic E-state index is 7.43. The highest BCUT2D eigenvalue weighted by Gasteiger charge is 2.13. The van der Waals surface area contributed by atoms with Crippen LogP contribution in [0.2, 0.25) is 0 Å². The number of ether oxygens (including phenoxy) is 1. The smallest absolute Gasteiger partial charge is 0.186 e. The predicted octanol–water partition coefficient (Wildman–Crippen LogP) is 6.54. The molecule has 0 saturated carbocycles. The third-order valence-corrected chi connectivity index (χ3v) is 5.45. The van der Waals surface area contributed by atoms with Crippen molar-refractivity contribution in [3.8, 4) is 5.75 Å². The molecule has 6 heteroatoms. The van der Waals surface area contributed by atoms with Gasteiger partial charge in [0.1, 0.15) is 11.4 Å². The highest BCUT2D eigenvalue weighted by molar-refractivity contribution is 7.22. The molecule has 5 nitrogen and oxygen atoms in total. The van der Waals surface area contributed by atoms with Gasteiger partial charge in [-0.3, -0.25) is 0 Å². The van der Waals surface area contributed by atoms with E-state index in [9.17, 15) is 0 Å². The van der Waals surface area contributed by atoms with Gasteiger partial charge in [-0.15, -0.1) is 0 Å². The van der Waals surface area contributed by atoms with Crippen LogP contribution < -0.4 is 9.64 Å². The summed E-state index contributed by atoms with van der Waals surface area (Å²) in [7, 11) is 0. The zero-order valence-corrected chi connectivity index (χ0v) is 16.5. The van der Waals surface area contributed by atoms with Gasteiger partial charge in [0.2, 0.25) is 0 Å². The molecule has 0 atom stereocenters. The molecule has 0 amide bonds. The van der Waals surface area contributed by atoms with E-state index in [4.69, 9.17) is 10.3 Å². The van der Waals surface area contributed by atoms with Crippen LogP contribution in [0.4, 0.5) is 10.8 Å². The van der Waals surface area contributed by atoms with Gasteiger partial charge in [0.25, 0.3) is 0 Å². The Morgan fingerprint density at radius 1 is 1.08 bits per heavy atom. The minimum atomic E-state index is 0.565. The lowest BCUT2D eigenvalue weighted by Crippen LogP contribution is -2.21. The summed E-state index contributed by atoms with van der Waals surface area (Å²) >= 11 is 1.67. The Bertz CT molecular complexity index is 667. The summed E-state index contributed by atoms with van der Waals surface area (Å²) in [5, 5.41) is 4.65. The minimum absolute atomic E-state index is 0.565. The highest BCUT2D eigenvalue weighted by atomic mass is 32.1. The maximum Gasteiger partial charge on any atom is 0.186 e. The molecule has 2 aromatic rings. The second-order valence-electron chi connectivity index (χ2n) is 6.18. The van der Waals surface area contributed by atoms with Crippen molar-refractivity contribution in [1.29, 1.82) is 5.53 Å². The Balaban J connectivity index is 2.02. The van der Waals surface area contributed by atoms with Crippen LogP contribution in [0.3, 0.4) is 0 Å². The van der Waals surface area contributed by atoms with Gasteiger partial charge in [0.05, 0.1) is 16.8 Å². The lowest BCUT2D eigenvalue weighted by atomic mass is 10.1. The van der Waals surface area contributed by atoms with E-state index in [0.717, 1.165) is 34.9 Å². The number of rotatable bonds is 12. The predicted molar refractivity (Wildman–Crippen MR) is 107 cm³/mol. The second kappa shape index (κ2) is 10.3. The molecule has 0 fully saturated rings. The van der Waals surface area contributed by atoms with E-state index in [2.05, 4.69) is 35.8 Å². The second-order valence-corrected chi connectivity index (χ2v) is 7.19. The van der Waals surface area contributed by atoms with Crippen molar-refractivity contribution in [2.75, 3.05) is 24.6 Å². The van der Waals surface area contributed by atoms with Crippen molar-refractivity contribution >= 4 is 32.4 Å². The van der Waals surface area contributed by atoms with Crippen molar-refractivity contribution in [3.63, 3.8) is 0 Å². The Labute approximate surface area is 154 Å². The average molecular weight is 363 g/mol. The normalized spacial score (nSPS) is 11.0. The standard InChI is InChI=1S/C19H30N4OS/c1-4-7-8-9-10-11-12-24-17-14-18-16(13-15(17)22-20)21-19(25-18)23(5-2)6-3/h13-14,20H,4-12H2,1-3H3. The molecule has 0 saturated heterocycles. The summed E-state index contributed by atoms with van der Waals surface area (Å²) in [4.78, 5) is 6.92. The quantitative estimate of drug-likeness (QED) is 0.344. The Morgan fingerprint density at radius 3 is 2.48 bits per heavy atom. The number of benzene rings is 1. The molecule has 25 heavy (non-hydrogen) atoms. The third-order valence-electron chi connectivity index (χ3n) is 4.37. The molecule has 1 N–H and O–H groups in total. The first kappa shape index (κ1) is 19.6. The number of fused-ring (bicyclic) bond motifs is 1. The van der Waals surface area contributed by atoms with Crippen LogP contribution in [-0.4, -0.2) is 24.7 Å². The van der Waals surface area contributed by atoms with Gasteiger partial charge in [-0.2, -0.15) is 5.11 Å². The monoisotopic (exact) mass is 362 g/mol. The van der Waals surface area contributed by atoms with Crippen molar-refractivity contribution < 1.29 is 4.74 Å². The van der Waals surface area contributed by atoms with E-state index >= 15 is 0 Å². The van der Waals surface area contributed by atoms with Crippen LogP contribution >= 0.6 is 11.3 Å². The van der Waals surface area contributed by atoms with Crippen LogP contribution in [0.15, 0.2) is 17.2 Å². The fraction of sp³-hybridized carbons (Fsp3) is 0.632. The molecule has 0 aliphatic rings. The summed E-state index contributed by atoms with van der Waals surface area (Å²) in [5.74, 6) is 0.700. The minimum Gasteiger partial charge on any atom is -0.491 e. The van der Waals surface area contributed by atoms with E-state index in [1.54, 1.807) is 11.3 Å². The number of hydrogen-bond acceptors (Lipinski definition) is 6. The molecular formula is C19H30N4OS. The molecule has 0 aliphatic heterocycles. The van der Waals surface area contributed by atoms with Gasteiger partial charge in [-0.05, 0) is 26.3 Å².